The maximum Gasteiger partial charge on any atom is 0.0964 e. The van der Waals surface area contributed by atoms with E-state index in [0.29, 0.717) is 6.54 Å². The molecule has 0 saturated heterocycles. The molecule has 0 radical (unpaired) electrons. The van der Waals surface area contributed by atoms with E-state index in [1.807, 2.05) is 0 Å². The molecule has 58 valence electrons. The number of likely N-dealkylation sites (N-methyl/N-ethyl adjacent to an activating group) is 1. The van der Waals surface area contributed by atoms with Gasteiger partial charge in [-0.05, 0) is 6.08 Å². The van der Waals surface area contributed by atoms with Crippen LogP contribution in [0.3, 0.4) is 0 Å². The quantitative estimate of drug-likeness (QED) is 0.275. The Hall–Kier alpha value is -0.420. The van der Waals surface area contributed by atoms with Crippen molar-refractivity contribution in [3.05, 3.63) is 17.9 Å². The van der Waals surface area contributed by atoms with Gasteiger partial charge in [-0.1, -0.05) is 6.58 Å². The van der Waals surface area contributed by atoms with Gasteiger partial charge in [-0.15, -0.1) is 0 Å². The first kappa shape index (κ1) is 15.8. The fourth-order valence-electron chi connectivity index (χ4n) is 0.311. The van der Waals surface area contributed by atoms with Crippen LogP contribution in [0.15, 0.2) is 12.7 Å². The predicted octanol–water partition coefficient (Wildman–Crippen LogP) is -0.903. The molecule has 0 aromatic heterocycles. The maximum absolute atomic E-state index is 10.6. The van der Waals surface area contributed by atoms with Crippen molar-refractivity contribution < 1.29 is 15.6 Å². The van der Waals surface area contributed by atoms with E-state index in [1.165, 1.54) is 0 Å². The van der Waals surface area contributed by atoms with Gasteiger partial charge in [0.15, 0.2) is 0 Å². The summed E-state index contributed by atoms with van der Waals surface area (Å²) in [6.45, 7) is 3.92. The summed E-state index contributed by atoms with van der Waals surface area (Å²) in [6, 6.07) is 0. The van der Waals surface area contributed by atoms with E-state index in [9.17, 15) is 5.21 Å². The van der Waals surface area contributed by atoms with E-state index in [-0.39, 0.29) is 15.6 Å². The van der Waals surface area contributed by atoms with Crippen LogP contribution in [0.5, 0.6) is 0 Å². The van der Waals surface area contributed by atoms with Crippen LogP contribution in [0.25, 0.3) is 0 Å². The second-order valence-electron chi connectivity index (χ2n) is 2.05. The average Bonchev–Trinajstić information content (AvgIpc) is 1.30. The largest absolute Gasteiger partial charge is 0.633 e. The Bertz CT molecular complexity index is 67.1. The van der Waals surface area contributed by atoms with Gasteiger partial charge in [-0.3, -0.25) is 0 Å². The van der Waals surface area contributed by atoms with Crippen LogP contribution >= 0.6 is 0 Å². The number of hydroxylamine groups is 3. The topological polar surface area (TPSA) is 86.1 Å². The number of quaternary nitrogens is 1. The average molecular weight is 137 g/mol. The molecule has 0 rings (SSSR count). The summed E-state index contributed by atoms with van der Waals surface area (Å²) in [7, 11) is 3.17. The fourth-order valence-corrected chi connectivity index (χ4v) is 0.311. The molecule has 9 heavy (non-hydrogen) atoms. The fraction of sp³-hybridized carbons (Fsp3) is 0.600. The Kier molecular flexibility index (Phi) is 10.0. The van der Waals surface area contributed by atoms with Crippen LogP contribution in [-0.2, 0) is 0 Å². The summed E-state index contributed by atoms with van der Waals surface area (Å²) in [5, 5.41) is 10.6. The van der Waals surface area contributed by atoms with Crippen molar-refractivity contribution >= 4 is 0 Å². The van der Waals surface area contributed by atoms with Gasteiger partial charge in [-0.2, -0.15) is 0 Å². The molecule has 4 nitrogen and oxygen atoms in total. The molecule has 0 fully saturated rings. The minimum absolute atomic E-state index is 0. The third-order valence-electron chi connectivity index (χ3n) is 0.569. The van der Waals surface area contributed by atoms with Gasteiger partial charge in [0.25, 0.3) is 0 Å². The van der Waals surface area contributed by atoms with Crippen LogP contribution in [0.4, 0.5) is 0 Å². The Morgan fingerprint density at radius 2 is 1.78 bits per heavy atom. The lowest BCUT2D eigenvalue weighted by Gasteiger charge is -2.31. The minimum Gasteiger partial charge on any atom is -0.633 e. The van der Waals surface area contributed by atoms with Crippen molar-refractivity contribution in [2.24, 2.45) is 0 Å². The first-order chi connectivity index (χ1) is 3.06. The van der Waals surface area contributed by atoms with Gasteiger partial charge < -0.3 is 20.8 Å². The molecule has 0 aliphatic heterocycles. The Labute approximate surface area is 55.2 Å². The van der Waals surface area contributed by atoms with Crippen molar-refractivity contribution in [1.29, 1.82) is 0 Å². The highest BCUT2D eigenvalue weighted by molar-refractivity contribution is 4.64. The van der Waals surface area contributed by atoms with E-state index < -0.39 is 0 Å². The van der Waals surface area contributed by atoms with Crippen molar-refractivity contribution in [1.82, 2.24) is 0 Å². The number of hydrogen-bond donors (Lipinski definition) is 0. The summed E-state index contributed by atoms with van der Waals surface area (Å²) < 4.78 is -0.274. The molecule has 0 spiro atoms. The zero-order chi connectivity index (χ0) is 5.91. The zero-order valence-electron chi connectivity index (χ0n) is 5.85. The summed E-state index contributed by atoms with van der Waals surface area (Å²) in [5.74, 6) is 0. The molecule has 0 aromatic rings. The van der Waals surface area contributed by atoms with Crippen LogP contribution in [0.2, 0.25) is 0 Å². The third-order valence-corrected chi connectivity index (χ3v) is 0.569. The lowest BCUT2D eigenvalue weighted by Crippen LogP contribution is -2.31. The molecule has 0 atom stereocenters. The normalized spacial score (nSPS) is 8.78. The van der Waals surface area contributed by atoms with E-state index >= 15 is 0 Å². The van der Waals surface area contributed by atoms with E-state index in [4.69, 9.17) is 0 Å². The first-order valence-corrected chi connectivity index (χ1v) is 2.21. The molecule has 4 heteroatoms. The molecular weight excluding hydrogens is 122 g/mol. The lowest BCUT2D eigenvalue weighted by molar-refractivity contribution is -0.833. The van der Waals surface area contributed by atoms with Gasteiger partial charge in [0.1, 0.15) is 0 Å². The Morgan fingerprint density at radius 3 is 1.78 bits per heavy atom. The van der Waals surface area contributed by atoms with Crippen LogP contribution in [0.1, 0.15) is 0 Å². The smallest absolute Gasteiger partial charge is 0.0964 e. The Morgan fingerprint density at radius 1 is 1.44 bits per heavy atom. The van der Waals surface area contributed by atoms with Crippen molar-refractivity contribution in [3.8, 4) is 0 Å². The first-order valence-electron chi connectivity index (χ1n) is 2.21. The van der Waals surface area contributed by atoms with Crippen LogP contribution in [-0.4, -0.2) is 36.2 Å². The van der Waals surface area contributed by atoms with Gasteiger partial charge in [0.2, 0.25) is 0 Å². The zero-order valence-corrected chi connectivity index (χ0v) is 5.85. The van der Waals surface area contributed by atoms with Gasteiger partial charge >= 0.3 is 0 Å². The van der Waals surface area contributed by atoms with E-state index in [0.717, 1.165) is 0 Å². The van der Waals surface area contributed by atoms with Crippen molar-refractivity contribution in [2.75, 3.05) is 20.6 Å². The van der Waals surface area contributed by atoms with E-state index in [2.05, 4.69) is 6.58 Å². The summed E-state index contributed by atoms with van der Waals surface area (Å²) in [6.07, 6.45) is 1.62. The summed E-state index contributed by atoms with van der Waals surface area (Å²) in [4.78, 5) is 0. The molecule has 0 saturated carbocycles. The molecule has 0 aromatic carbocycles. The van der Waals surface area contributed by atoms with Gasteiger partial charge in [0, 0.05) is 0 Å². The van der Waals surface area contributed by atoms with Gasteiger partial charge in [0.05, 0.1) is 20.6 Å². The molecule has 0 aliphatic carbocycles. The van der Waals surface area contributed by atoms with Gasteiger partial charge in [-0.25, -0.2) is 0 Å². The number of nitrogens with zero attached hydrogens (tertiary/aromatic N) is 1. The lowest BCUT2D eigenvalue weighted by atomic mass is 10.6. The van der Waals surface area contributed by atoms with Crippen LogP contribution < -0.4 is 0 Å². The molecule has 0 unspecified atom stereocenters. The third kappa shape index (κ3) is 18.4. The number of hydrogen-bond acceptors (Lipinski definition) is 1. The standard InChI is InChI=1S/C5H11NO.2H2O/c1-4-5-6(2,3)7;;/h4H,1,5H2,2-3H3;2*1H2. The second kappa shape index (κ2) is 5.71. The molecule has 0 bridgehead atoms. The summed E-state index contributed by atoms with van der Waals surface area (Å²) in [5.41, 5.74) is 0. The predicted molar refractivity (Wildman–Crippen MR) is 37.8 cm³/mol. The molecular formula is C5H15NO3. The molecule has 0 aliphatic rings. The molecule has 0 amide bonds. The molecule has 4 N–H and O–H groups in total. The van der Waals surface area contributed by atoms with Crippen molar-refractivity contribution in [3.63, 3.8) is 0 Å². The Balaban J connectivity index is -0.000000180. The highest BCUT2D eigenvalue weighted by atomic mass is 16.5. The molecule has 0 heterocycles. The van der Waals surface area contributed by atoms with E-state index in [1.54, 1.807) is 20.2 Å². The number of rotatable bonds is 2. The SMILES string of the molecule is C=CC[N+](C)(C)[O-].O.O. The highest BCUT2D eigenvalue weighted by Gasteiger charge is 1.92. The van der Waals surface area contributed by atoms with Crippen LogP contribution in [0, 0.1) is 5.21 Å². The summed E-state index contributed by atoms with van der Waals surface area (Å²) >= 11 is 0. The maximum atomic E-state index is 10.6. The second-order valence-corrected chi connectivity index (χ2v) is 2.05. The van der Waals surface area contributed by atoms with Crippen molar-refractivity contribution in [2.45, 2.75) is 0 Å². The minimum atomic E-state index is -0.274. The monoisotopic (exact) mass is 137 g/mol. The highest BCUT2D eigenvalue weighted by Crippen LogP contribution is 1.88.